The fraction of sp³-hybridized carbons (Fsp3) is 0.571. The molecule has 2 aliphatic heterocycles. The maximum atomic E-state index is 13.4. The van der Waals surface area contributed by atoms with Crippen molar-refractivity contribution in [3.8, 4) is 0 Å². The molecule has 0 aliphatic carbocycles. The van der Waals surface area contributed by atoms with Gasteiger partial charge < -0.3 is 15.0 Å². The van der Waals surface area contributed by atoms with Crippen molar-refractivity contribution in [1.82, 2.24) is 15.1 Å². The monoisotopic (exact) mass is 405 g/mol. The van der Waals surface area contributed by atoms with Gasteiger partial charge in [0.2, 0.25) is 5.91 Å². The topological polar surface area (TPSA) is 79.0 Å². The summed E-state index contributed by atoms with van der Waals surface area (Å²) in [6.07, 6.45) is 1.70. The largest absolute Gasteiger partial charge is 0.372 e. The molecular formula is C21H28FN3O4. The molecule has 7 nitrogen and oxygen atoms in total. The number of nitrogens with one attached hydrogen (secondary N) is 1. The third-order valence-corrected chi connectivity index (χ3v) is 5.48. The molecule has 8 heteroatoms. The number of imide groups is 1. The zero-order chi connectivity index (χ0) is 21.2. The van der Waals surface area contributed by atoms with E-state index >= 15 is 0 Å². The molecule has 2 heterocycles. The molecule has 0 unspecified atom stereocenters. The Morgan fingerprint density at radius 2 is 1.83 bits per heavy atom. The number of unbranched alkanes of at least 4 members (excludes halogenated alkanes) is 1. The van der Waals surface area contributed by atoms with E-state index in [1.807, 2.05) is 20.8 Å². The molecule has 0 aromatic heterocycles. The van der Waals surface area contributed by atoms with E-state index in [1.165, 1.54) is 24.3 Å². The molecule has 29 heavy (non-hydrogen) atoms. The summed E-state index contributed by atoms with van der Waals surface area (Å²) >= 11 is 0. The fourth-order valence-electron chi connectivity index (χ4n) is 4.07. The standard InChI is InChI=1S/C21H28FN3O4/c1-4-5-10-21(16-6-8-17(22)9-7-16)19(27)25(20(28)23-21)13-18(26)24-11-14(2)29-15(3)12-24/h6-9,14-15H,4-5,10-13H2,1-3H3,(H,23,28)/t14-,15-,21-/m1/s1. The van der Waals surface area contributed by atoms with Gasteiger partial charge in [-0.05, 0) is 38.0 Å². The van der Waals surface area contributed by atoms with Gasteiger partial charge in [-0.2, -0.15) is 0 Å². The van der Waals surface area contributed by atoms with Crippen LogP contribution >= 0.6 is 0 Å². The third-order valence-electron chi connectivity index (χ3n) is 5.48. The highest BCUT2D eigenvalue weighted by atomic mass is 19.1. The number of carbonyl (C=O) groups is 3. The Balaban J connectivity index is 1.82. The Morgan fingerprint density at radius 3 is 2.41 bits per heavy atom. The normalized spacial score (nSPS) is 27.3. The number of carbonyl (C=O) groups excluding carboxylic acids is 3. The lowest BCUT2D eigenvalue weighted by Crippen LogP contribution is -2.52. The average molecular weight is 405 g/mol. The van der Waals surface area contributed by atoms with Crippen molar-refractivity contribution in [1.29, 1.82) is 0 Å². The van der Waals surface area contributed by atoms with Gasteiger partial charge in [0.1, 0.15) is 17.9 Å². The lowest BCUT2D eigenvalue weighted by molar-refractivity contribution is -0.147. The van der Waals surface area contributed by atoms with E-state index in [4.69, 9.17) is 4.74 Å². The highest BCUT2D eigenvalue weighted by Gasteiger charge is 2.52. The van der Waals surface area contributed by atoms with Gasteiger partial charge in [0, 0.05) is 13.1 Å². The maximum Gasteiger partial charge on any atom is 0.325 e. The minimum Gasteiger partial charge on any atom is -0.372 e. The summed E-state index contributed by atoms with van der Waals surface area (Å²) in [5.74, 6) is -1.18. The Hall–Kier alpha value is -2.48. The SMILES string of the molecule is CCCC[C@]1(c2ccc(F)cc2)NC(=O)N(CC(=O)N2C[C@@H](C)O[C@H](C)C2)C1=O. The van der Waals surface area contributed by atoms with E-state index in [9.17, 15) is 18.8 Å². The van der Waals surface area contributed by atoms with Crippen LogP contribution in [0.4, 0.5) is 9.18 Å². The third kappa shape index (κ3) is 4.27. The minimum atomic E-state index is -1.27. The predicted molar refractivity (Wildman–Crippen MR) is 104 cm³/mol. The Bertz CT molecular complexity index is 775. The predicted octanol–water partition coefficient (Wildman–Crippen LogP) is 2.40. The minimum absolute atomic E-state index is 0.103. The van der Waals surface area contributed by atoms with Gasteiger partial charge in [-0.25, -0.2) is 9.18 Å². The van der Waals surface area contributed by atoms with Gasteiger partial charge in [-0.3, -0.25) is 14.5 Å². The van der Waals surface area contributed by atoms with Gasteiger partial charge in [-0.15, -0.1) is 0 Å². The molecule has 3 rings (SSSR count). The summed E-state index contributed by atoms with van der Waals surface area (Å²) in [6.45, 7) is 6.28. The molecule has 0 bridgehead atoms. The molecule has 2 fully saturated rings. The number of morpholine rings is 1. The second kappa shape index (κ2) is 8.49. The van der Waals surface area contributed by atoms with Crippen molar-refractivity contribution in [3.63, 3.8) is 0 Å². The molecule has 1 N–H and O–H groups in total. The first kappa shape index (κ1) is 21.2. The van der Waals surface area contributed by atoms with Crippen molar-refractivity contribution >= 4 is 17.8 Å². The number of ether oxygens (including phenoxy) is 1. The molecule has 3 atom stereocenters. The highest BCUT2D eigenvalue weighted by molar-refractivity contribution is 6.09. The zero-order valence-electron chi connectivity index (χ0n) is 17.1. The second-order valence-corrected chi connectivity index (χ2v) is 7.89. The summed E-state index contributed by atoms with van der Waals surface area (Å²) in [5.41, 5.74) is -0.749. The Labute approximate surface area is 170 Å². The highest BCUT2D eigenvalue weighted by Crippen LogP contribution is 2.34. The van der Waals surface area contributed by atoms with Gasteiger partial charge >= 0.3 is 6.03 Å². The molecule has 2 aliphatic rings. The van der Waals surface area contributed by atoms with Crippen LogP contribution in [0.15, 0.2) is 24.3 Å². The molecule has 1 aromatic rings. The smallest absolute Gasteiger partial charge is 0.325 e. The molecule has 0 radical (unpaired) electrons. The quantitative estimate of drug-likeness (QED) is 0.737. The van der Waals surface area contributed by atoms with Crippen LogP contribution in [0.25, 0.3) is 0 Å². The first-order valence-electron chi connectivity index (χ1n) is 10.1. The van der Waals surface area contributed by atoms with E-state index in [2.05, 4.69) is 5.32 Å². The van der Waals surface area contributed by atoms with Crippen LogP contribution in [0.1, 0.15) is 45.6 Å². The maximum absolute atomic E-state index is 13.4. The fourth-order valence-corrected chi connectivity index (χ4v) is 4.07. The second-order valence-electron chi connectivity index (χ2n) is 7.89. The molecule has 4 amide bonds. The van der Waals surface area contributed by atoms with Crippen molar-refractivity contribution < 1.29 is 23.5 Å². The number of hydrogen-bond donors (Lipinski definition) is 1. The number of benzene rings is 1. The van der Waals surface area contributed by atoms with E-state index in [1.54, 1.807) is 4.90 Å². The molecule has 158 valence electrons. The summed E-state index contributed by atoms with van der Waals surface area (Å²) in [5, 5.41) is 2.78. The number of hydrogen-bond acceptors (Lipinski definition) is 4. The van der Waals surface area contributed by atoms with Gasteiger partial charge in [0.15, 0.2) is 0 Å². The van der Waals surface area contributed by atoms with E-state index in [0.29, 0.717) is 31.5 Å². The molecule has 0 saturated carbocycles. The number of halogens is 1. The number of urea groups is 1. The summed E-state index contributed by atoms with van der Waals surface area (Å²) in [6, 6.07) is 4.97. The van der Waals surface area contributed by atoms with Crippen molar-refractivity contribution in [2.75, 3.05) is 19.6 Å². The van der Waals surface area contributed by atoms with Gasteiger partial charge in [-0.1, -0.05) is 31.9 Å². The zero-order valence-corrected chi connectivity index (χ0v) is 17.1. The average Bonchev–Trinajstić information content (AvgIpc) is 2.91. The summed E-state index contributed by atoms with van der Waals surface area (Å²) in [7, 11) is 0. The van der Waals surface area contributed by atoms with Gasteiger partial charge in [0.05, 0.1) is 12.2 Å². The number of nitrogens with zero attached hydrogens (tertiary/aromatic N) is 2. The van der Waals surface area contributed by atoms with E-state index in [-0.39, 0.29) is 24.7 Å². The number of rotatable bonds is 6. The lowest BCUT2D eigenvalue weighted by Gasteiger charge is -2.36. The van der Waals surface area contributed by atoms with Crippen LogP contribution < -0.4 is 5.32 Å². The molecule has 2 saturated heterocycles. The molecular weight excluding hydrogens is 377 g/mol. The summed E-state index contributed by atoms with van der Waals surface area (Å²) < 4.78 is 19.0. The van der Waals surface area contributed by atoms with Gasteiger partial charge in [0.25, 0.3) is 5.91 Å². The first-order valence-corrected chi connectivity index (χ1v) is 10.1. The van der Waals surface area contributed by atoms with Crippen LogP contribution in [-0.4, -0.2) is 59.5 Å². The van der Waals surface area contributed by atoms with E-state index in [0.717, 1.165) is 11.3 Å². The Kier molecular flexibility index (Phi) is 6.21. The van der Waals surface area contributed by atoms with E-state index < -0.39 is 23.3 Å². The van der Waals surface area contributed by atoms with Crippen LogP contribution in [0.3, 0.4) is 0 Å². The van der Waals surface area contributed by atoms with Crippen LogP contribution in [0.2, 0.25) is 0 Å². The van der Waals surface area contributed by atoms with Crippen LogP contribution in [-0.2, 0) is 19.9 Å². The number of amides is 4. The van der Waals surface area contributed by atoms with Crippen LogP contribution in [0.5, 0.6) is 0 Å². The molecule has 0 spiro atoms. The van der Waals surface area contributed by atoms with Crippen molar-refractivity contribution in [2.24, 2.45) is 0 Å². The molecule has 1 aromatic carbocycles. The van der Waals surface area contributed by atoms with Crippen molar-refractivity contribution in [3.05, 3.63) is 35.6 Å². The Morgan fingerprint density at radius 1 is 1.21 bits per heavy atom. The first-order chi connectivity index (χ1) is 13.8. The lowest BCUT2D eigenvalue weighted by atomic mass is 9.85. The van der Waals surface area contributed by atoms with Crippen molar-refractivity contribution in [2.45, 2.75) is 57.8 Å². The van der Waals surface area contributed by atoms with Crippen LogP contribution in [0, 0.1) is 5.82 Å². The summed E-state index contributed by atoms with van der Waals surface area (Å²) in [4.78, 5) is 41.4.